The fourth-order valence-corrected chi connectivity index (χ4v) is 2.95. The Hall–Kier alpha value is -0.670. The summed E-state index contributed by atoms with van der Waals surface area (Å²) in [5, 5.41) is 9.97. The second-order valence-electron chi connectivity index (χ2n) is 4.67. The molecule has 0 amide bonds. The molecule has 1 aromatic rings. The Kier molecular flexibility index (Phi) is 5.39. The monoisotopic (exact) mass is 266 g/mol. The van der Waals surface area contributed by atoms with Gasteiger partial charge in [-0.25, -0.2) is 0 Å². The van der Waals surface area contributed by atoms with Gasteiger partial charge in [0, 0.05) is 0 Å². The molecule has 1 aromatic carbocycles. The van der Waals surface area contributed by atoms with E-state index in [1.165, 1.54) is 11.3 Å². The molecule has 1 unspecified atom stereocenters. The Balaban J connectivity index is 1.88. The van der Waals surface area contributed by atoms with E-state index in [1.54, 1.807) is 0 Å². The summed E-state index contributed by atoms with van der Waals surface area (Å²) in [7, 11) is 0. The van der Waals surface area contributed by atoms with Gasteiger partial charge in [0.2, 0.25) is 0 Å². The average Bonchev–Trinajstić information content (AvgIpc) is 2.39. The number of ether oxygens (including phenoxy) is 1. The summed E-state index contributed by atoms with van der Waals surface area (Å²) in [5.41, 5.74) is 2.35. The van der Waals surface area contributed by atoms with Crippen LogP contribution >= 0.6 is 11.8 Å². The minimum absolute atomic E-state index is 0.298. The highest BCUT2D eigenvalue weighted by Crippen LogP contribution is 2.32. The standard InChI is InChI=1S/C15H22O2S/c1-2-18-10-4-9-17-13-8-7-12-5-3-6-15(16)14(12)11-13/h7-8,11,15-16H,2-6,9-10H2,1H3. The van der Waals surface area contributed by atoms with Crippen LogP contribution < -0.4 is 4.74 Å². The van der Waals surface area contributed by atoms with Crippen LogP contribution in [0.1, 0.15) is 43.4 Å². The van der Waals surface area contributed by atoms with E-state index in [0.29, 0.717) is 0 Å². The van der Waals surface area contributed by atoms with Crippen molar-refractivity contribution in [2.24, 2.45) is 0 Å². The second-order valence-corrected chi connectivity index (χ2v) is 6.06. The van der Waals surface area contributed by atoms with Crippen molar-refractivity contribution in [3.63, 3.8) is 0 Å². The summed E-state index contributed by atoms with van der Waals surface area (Å²) in [6.07, 6.45) is 3.83. The Morgan fingerprint density at radius 1 is 1.44 bits per heavy atom. The Morgan fingerprint density at radius 3 is 3.17 bits per heavy atom. The van der Waals surface area contributed by atoms with Crippen LogP contribution in [0.25, 0.3) is 0 Å². The predicted molar refractivity (Wildman–Crippen MR) is 77.5 cm³/mol. The Morgan fingerprint density at radius 2 is 2.33 bits per heavy atom. The van der Waals surface area contributed by atoms with E-state index < -0.39 is 0 Å². The number of aliphatic hydroxyl groups excluding tert-OH is 1. The number of rotatable bonds is 6. The molecule has 0 saturated heterocycles. The molecule has 1 atom stereocenters. The SMILES string of the molecule is CCSCCCOc1ccc2c(c1)C(O)CCC2. The first-order valence-corrected chi connectivity index (χ1v) is 7.98. The second kappa shape index (κ2) is 7.05. The lowest BCUT2D eigenvalue weighted by molar-refractivity contribution is 0.156. The lowest BCUT2D eigenvalue weighted by atomic mass is 9.89. The summed E-state index contributed by atoms with van der Waals surface area (Å²) in [5.74, 6) is 3.23. The van der Waals surface area contributed by atoms with E-state index in [2.05, 4.69) is 13.0 Å². The van der Waals surface area contributed by atoms with Crippen LogP contribution in [0.4, 0.5) is 0 Å². The molecule has 0 aliphatic heterocycles. The van der Waals surface area contributed by atoms with Crippen molar-refractivity contribution in [3.8, 4) is 5.75 Å². The van der Waals surface area contributed by atoms with Crippen LogP contribution in [0.15, 0.2) is 18.2 Å². The predicted octanol–water partition coefficient (Wildman–Crippen LogP) is 3.58. The molecule has 0 saturated carbocycles. The zero-order valence-electron chi connectivity index (χ0n) is 11.0. The maximum Gasteiger partial charge on any atom is 0.119 e. The first kappa shape index (κ1) is 13.8. The van der Waals surface area contributed by atoms with Crippen LogP contribution in [0.3, 0.4) is 0 Å². The molecule has 2 nitrogen and oxygen atoms in total. The van der Waals surface area contributed by atoms with Crippen LogP contribution in [0.2, 0.25) is 0 Å². The third-order valence-electron chi connectivity index (χ3n) is 3.31. The topological polar surface area (TPSA) is 29.5 Å². The lowest BCUT2D eigenvalue weighted by Gasteiger charge is -2.22. The molecular weight excluding hydrogens is 244 g/mol. The van der Waals surface area contributed by atoms with Crippen molar-refractivity contribution in [2.45, 2.75) is 38.7 Å². The summed E-state index contributed by atoms with van der Waals surface area (Å²) in [4.78, 5) is 0. The molecule has 1 N–H and O–H groups in total. The highest BCUT2D eigenvalue weighted by Gasteiger charge is 2.18. The van der Waals surface area contributed by atoms with Crippen LogP contribution in [-0.4, -0.2) is 23.2 Å². The van der Waals surface area contributed by atoms with E-state index in [-0.39, 0.29) is 6.10 Å². The molecule has 0 fully saturated rings. The zero-order chi connectivity index (χ0) is 12.8. The number of aryl methyl sites for hydroxylation is 1. The van der Waals surface area contributed by atoms with E-state index in [9.17, 15) is 5.11 Å². The van der Waals surface area contributed by atoms with Gasteiger partial charge in [-0.3, -0.25) is 0 Å². The van der Waals surface area contributed by atoms with Gasteiger partial charge in [-0.1, -0.05) is 13.0 Å². The molecule has 0 radical (unpaired) electrons. The van der Waals surface area contributed by atoms with Crippen molar-refractivity contribution in [1.82, 2.24) is 0 Å². The van der Waals surface area contributed by atoms with E-state index >= 15 is 0 Å². The molecule has 1 aliphatic carbocycles. The third-order valence-corrected chi connectivity index (χ3v) is 4.29. The van der Waals surface area contributed by atoms with E-state index in [0.717, 1.165) is 49.4 Å². The van der Waals surface area contributed by atoms with Gasteiger partial charge in [0.25, 0.3) is 0 Å². The molecule has 100 valence electrons. The fourth-order valence-electron chi connectivity index (χ4n) is 2.34. The normalized spacial score (nSPS) is 18.4. The first-order chi connectivity index (χ1) is 8.81. The first-order valence-electron chi connectivity index (χ1n) is 6.82. The molecule has 3 heteroatoms. The lowest BCUT2D eigenvalue weighted by Crippen LogP contribution is -2.09. The quantitative estimate of drug-likeness (QED) is 0.798. The van der Waals surface area contributed by atoms with Gasteiger partial charge in [0.15, 0.2) is 0 Å². The largest absolute Gasteiger partial charge is 0.494 e. The van der Waals surface area contributed by atoms with Crippen LogP contribution in [-0.2, 0) is 6.42 Å². The fraction of sp³-hybridized carbons (Fsp3) is 0.600. The van der Waals surface area contributed by atoms with Gasteiger partial charge >= 0.3 is 0 Å². The van der Waals surface area contributed by atoms with Gasteiger partial charge < -0.3 is 9.84 Å². The molecule has 0 heterocycles. The van der Waals surface area contributed by atoms with Gasteiger partial charge in [-0.2, -0.15) is 11.8 Å². The van der Waals surface area contributed by atoms with Crippen LogP contribution in [0.5, 0.6) is 5.75 Å². The van der Waals surface area contributed by atoms with E-state index in [4.69, 9.17) is 4.74 Å². The average molecular weight is 266 g/mol. The highest BCUT2D eigenvalue weighted by atomic mass is 32.2. The highest BCUT2D eigenvalue weighted by molar-refractivity contribution is 7.99. The minimum Gasteiger partial charge on any atom is -0.494 e. The molecule has 0 aromatic heterocycles. The maximum absolute atomic E-state index is 9.97. The van der Waals surface area contributed by atoms with E-state index in [1.807, 2.05) is 23.9 Å². The van der Waals surface area contributed by atoms with Crippen molar-refractivity contribution in [3.05, 3.63) is 29.3 Å². The van der Waals surface area contributed by atoms with Gasteiger partial charge in [-0.05, 0) is 60.4 Å². The van der Waals surface area contributed by atoms with Gasteiger partial charge in [0.1, 0.15) is 5.75 Å². The Labute approximate surface area is 114 Å². The number of fused-ring (bicyclic) bond motifs is 1. The molecule has 18 heavy (non-hydrogen) atoms. The summed E-state index contributed by atoms with van der Waals surface area (Å²) in [6, 6.07) is 6.16. The molecule has 0 spiro atoms. The zero-order valence-corrected chi connectivity index (χ0v) is 11.8. The van der Waals surface area contributed by atoms with Crippen molar-refractivity contribution < 1.29 is 9.84 Å². The van der Waals surface area contributed by atoms with Gasteiger partial charge in [0.05, 0.1) is 12.7 Å². The number of hydrogen-bond donors (Lipinski definition) is 1. The van der Waals surface area contributed by atoms with Crippen molar-refractivity contribution >= 4 is 11.8 Å². The summed E-state index contributed by atoms with van der Waals surface area (Å²) >= 11 is 1.95. The molecular formula is C15H22O2S. The maximum atomic E-state index is 9.97. The molecule has 2 rings (SSSR count). The van der Waals surface area contributed by atoms with Crippen molar-refractivity contribution in [1.29, 1.82) is 0 Å². The minimum atomic E-state index is -0.298. The van der Waals surface area contributed by atoms with Crippen molar-refractivity contribution in [2.75, 3.05) is 18.1 Å². The number of hydrogen-bond acceptors (Lipinski definition) is 3. The van der Waals surface area contributed by atoms with Gasteiger partial charge in [-0.15, -0.1) is 0 Å². The smallest absolute Gasteiger partial charge is 0.119 e. The number of thioether (sulfide) groups is 1. The number of benzene rings is 1. The third kappa shape index (κ3) is 3.66. The molecule has 0 bridgehead atoms. The number of aliphatic hydroxyl groups is 1. The van der Waals surface area contributed by atoms with Crippen LogP contribution in [0, 0.1) is 0 Å². The summed E-state index contributed by atoms with van der Waals surface area (Å²) < 4.78 is 5.74. The Bertz CT molecular complexity index is 379. The summed E-state index contributed by atoms with van der Waals surface area (Å²) in [6.45, 7) is 2.94. The molecule has 1 aliphatic rings.